The van der Waals surface area contributed by atoms with Gasteiger partial charge in [-0.1, -0.05) is 36.4 Å². The molecule has 126 valence electrons. The number of nitrogens with one attached hydrogen (secondary N) is 2. The number of H-pyrrole nitrogens is 2. The monoisotopic (exact) mass is 336 g/mol. The predicted octanol–water partition coefficient (Wildman–Crippen LogP) is 3.03. The number of para-hydroxylation sites is 1. The van der Waals surface area contributed by atoms with Gasteiger partial charge in [0.15, 0.2) is 0 Å². The minimum absolute atomic E-state index is 0.253. The van der Waals surface area contributed by atoms with E-state index in [9.17, 15) is 9.18 Å². The van der Waals surface area contributed by atoms with Crippen LogP contribution >= 0.6 is 0 Å². The summed E-state index contributed by atoms with van der Waals surface area (Å²) in [6.45, 7) is 0.383. The first-order chi connectivity index (χ1) is 12.2. The molecule has 0 aliphatic carbocycles. The zero-order valence-corrected chi connectivity index (χ0v) is 13.5. The number of halogens is 1. The molecular formula is C19H17FN4O. The molecule has 0 amide bonds. The lowest BCUT2D eigenvalue weighted by Crippen LogP contribution is -2.20. The molecule has 0 atom stereocenters. The normalized spacial score (nSPS) is 11.2. The zero-order valence-electron chi connectivity index (χ0n) is 13.5. The Labute approximate surface area is 143 Å². The highest BCUT2D eigenvalue weighted by atomic mass is 19.1. The largest absolute Gasteiger partial charge is 0.361 e. The molecule has 0 bridgehead atoms. The number of hydrogen-bond donors (Lipinski definition) is 2. The standard InChI is InChI=1S/C19H17FN4O/c20-16-7-3-1-5-13(16)9-10-24-18(22-23-19(24)25)11-14-12-21-17-8-4-2-6-15(14)17/h1-8,12,21H,9-11H2,(H,23,25). The SMILES string of the molecule is O=c1[nH]nc(Cc2c[nH]c3ccccc23)n1CCc1ccccc1F. The van der Waals surface area contributed by atoms with E-state index in [0.717, 1.165) is 16.5 Å². The Bertz CT molecular complexity index is 1080. The topological polar surface area (TPSA) is 66.5 Å². The molecule has 0 saturated heterocycles. The Morgan fingerprint density at radius 3 is 2.72 bits per heavy atom. The molecule has 4 aromatic rings. The minimum atomic E-state index is -0.272. The van der Waals surface area contributed by atoms with E-state index in [4.69, 9.17) is 0 Å². The predicted molar refractivity (Wildman–Crippen MR) is 94.1 cm³/mol. The third kappa shape index (κ3) is 2.98. The van der Waals surface area contributed by atoms with Crippen molar-refractivity contribution in [3.8, 4) is 0 Å². The molecule has 0 spiro atoms. The second kappa shape index (κ2) is 6.39. The molecule has 25 heavy (non-hydrogen) atoms. The van der Waals surface area contributed by atoms with E-state index >= 15 is 0 Å². The van der Waals surface area contributed by atoms with E-state index in [-0.39, 0.29) is 11.5 Å². The van der Waals surface area contributed by atoms with Crippen molar-refractivity contribution in [1.82, 2.24) is 19.7 Å². The maximum atomic E-state index is 13.8. The minimum Gasteiger partial charge on any atom is -0.361 e. The van der Waals surface area contributed by atoms with Crippen LogP contribution in [0, 0.1) is 5.82 Å². The molecule has 2 aromatic carbocycles. The Kier molecular flexibility index (Phi) is 3.93. The summed E-state index contributed by atoms with van der Waals surface area (Å²) in [6, 6.07) is 14.6. The van der Waals surface area contributed by atoms with Gasteiger partial charge in [0.1, 0.15) is 11.6 Å². The van der Waals surface area contributed by atoms with E-state index in [1.165, 1.54) is 6.07 Å². The van der Waals surface area contributed by atoms with Crippen LogP contribution in [0.5, 0.6) is 0 Å². The van der Waals surface area contributed by atoms with E-state index in [0.29, 0.717) is 30.8 Å². The van der Waals surface area contributed by atoms with Crippen LogP contribution in [0.4, 0.5) is 4.39 Å². The highest BCUT2D eigenvalue weighted by molar-refractivity contribution is 5.83. The first-order valence-corrected chi connectivity index (χ1v) is 8.15. The molecule has 2 aromatic heterocycles. The molecular weight excluding hydrogens is 319 g/mol. The summed E-state index contributed by atoms with van der Waals surface area (Å²) in [7, 11) is 0. The summed E-state index contributed by atoms with van der Waals surface area (Å²) >= 11 is 0. The first kappa shape index (κ1) is 15.4. The van der Waals surface area contributed by atoms with E-state index < -0.39 is 0 Å². The molecule has 0 aliphatic heterocycles. The first-order valence-electron chi connectivity index (χ1n) is 8.15. The maximum absolute atomic E-state index is 13.8. The zero-order chi connectivity index (χ0) is 17.2. The third-order valence-corrected chi connectivity index (χ3v) is 4.42. The highest BCUT2D eigenvalue weighted by Gasteiger charge is 2.12. The van der Waals surface area contributed by atoms with Crippen LogP contribution in [-0.2, 0) is 19.4 Å². The molecule has 0 radical (unpaired) electrons. The van der Waals surface area contributed by atoms with Gasteiger partial charge in [-0.3, -0.25) is 4.57 Å². The van der Waals surface area contributed by atoms with Crippen molar-refractivity contribution < 1.29 is 4.39 Å². The molecule has 6 heteroatoms. The number of aromatic amines is 2. The van der Waals surface area contributed by atoms with Crippen LogP contribution in [0.15, 0.2) is 59.5 Å². The van der Waals surface area contributed by atoms with Crippen molar-refractivity contribution in [3.63, 3.8) is 0 Å². The highest BCUT2D eigenvalue weighted by Crippen LogP contribution is 2.20. The van der Waals surface area contributed by atoms with E-state index in [2.05, 4.69) is 15.2 Å². The van der Waals surface area contributed by atoms with Crippen LogP contribution in [-0.4, -0.2) is 19.7 Å². The van der Waals surface area contributed by atoms with E-state index in [1.807, 2.05) is 30.5 Å². The van der Waals surface area contributed by atoms with Crippen LogP contribution in [0.25, 0.3) is 10.9 Å². The van der Waals surface area contributed by atoms with Crippen molar-refractivity contribution in [2.75, 3.05) is 0 Å². The fourth-order valence-electron chi connectivity index (χ4n) is 3.10. The summed E-state index contributed by atoms with van der Waals surface area (Å²) in [4.78, 5) is 15.3. The molecule has 0 aliphatic rings. The number of aromatic nitrogens is 4. The Morgan fingerprint density at radius 1 is 1.04 bits per heavy atom. The number of aryl methyl sites for hydroxylation is 1. The van der Waals surface area contributed by atoms with Gasteiger partial charge in [0.05, 0.1) is 0 Å². The lowest BCUT2D eigenvalue weighted by Gasteiger charge is -2.06. The smallest absolute Gasteiger partial charge is 0.343 e. The van der Waals surface area contributed by atoms with Crippen LogP contribution in [0.3, 0.4) is 0 Å². The van der Waals surface area contributed by atoms with Crippen molar-refractivity contribution in [2.45, 2.75) is 19.4 Å². The number of rotatable bonds is 5. The molecule has 5 nitrogen and oxygen atoms in total. The van der Waals surface area contributed by atoms with Gasteiger partial charge in [-0.15, -0.1) is 0 Å². The number of nitrogens with zero attached hydrogens (tertiary/aromatic N) is 2. The fraction of sp³-hybridized carbons (Fsp3) is 0.158. The van der Waals surface area contributed by atoms with Gasteiger partial charge in [-0.25, -0.2) is 14.3 Å². The maximum Gasteiger partial charge on any atom is 0.343 e. The fourth-order valence-corrected chi connectivity index (χ4v) is 3.10. The summed E-state index contributed by atoms with van der Waals surface area (Å²) in [5, 5.41) is 7.76. The lowest BCUT2D eigenvalue weighted by molar-refractivity contribution is 0.582. The second-order valence-electron chi connectivity index (χ2n) is 5.97. The van der Waals surface area contributed by atoms with Gasteiger partial charge in [-0.05, 0) is 29.7 Å². The number of hydrogen-bond acceptors (Lipinski definition) is 2. The van der Waals surface area contributed by atoms with Crippen molar-refractivity contribution in [3.05, 3.63) is 88.0 Å². The van der Waals surface area contributed by atoms with Crippen LogP contribution < -0.4 is 5.69 Å². The summed E-state index contributed by atoms with van der Waals surface area (Å²) in [5.41, 5.74) is 2.44. The van der Waals surface area contributed by atoms with Crippen molar-refractivity contribution >= 4 is 10.9 Å². The van der Waals surface area contributed by atoms with Crippen LogP contribution in [0.2, 0.25) is 0 Å². The van der Waals surface area contributed by atoms with Crippen molar-refractivity contribution in [1.29, 1.82) is 0 Å². The van der Waals surface area contributed by atoms with Crippen molar-refractivity contribution in [2.24, 2.45) is 0 Å². The molecule has 4 rings (SSSR count). The quantitative estimate of drug-likeness (QED) is 0.588. The molecule has 0 saturated carbocycles. The molecule has 0 unspecified atom stereocenters. The van der Waals surface area contributed by atoms with Gasteiger partial charge in [0.2, 0.25) is 0 Å². The van der Waals surface area contributed by atoms with Crippen LogP contribution in [0.1, 0.15) is 17.0 Å². The average molecular weight is 336 g/mol. The molecule has 2 N–H and O–H groups in total. The summed E-state index contributed by atoms with van der Waals surface area (Å²) in [6.07, 6.45) is 2.90. The summed E-state index contributed by atoms with van der Waals surface area (Å²) in [5.74, 6) is 0.392. The number of benzene rings is 2. The van der Waals surface area contributed by atoms with Gasteiger partial charge in [0, 0.05) is 30.1 Å². The Morgan fingerprint density at radius 2 is 1.84 bits per heavy atom. The number of fused-ring (bicyclic) bond motifs is 1. The van der Waals surface area contributed by atoms with Gasteiger partial charge in [-0.2, -0.15) is 5.10 Å². The Hall–Kier alpha value is -3.15. The Balaban J connectivity index is 1.59. The summed E-state index contributed by atoms with van der Waals surface area (Å²) < 4.78 is 15.4. The van der Waals surface area contributed by atoms with Gasteiger partial charge >= 0.3 is 5.69 Å². The third-order valence-electron chi connectivity index (χ3n) is 4.42. The lowest BCUT2D eigenvalue weighted by atomic mass is 10.1. The van der Waals surface area contributed by atoms with Gasteiger partial charge in [0.25, 0.3) is 0 Å². The van der Waals surface area contributed by atoms with Gasteiger partial charge < -0.3 is 4.98 Å². The molecule has 0 fully saturated rings. The van der Waals surface area contributed by atoms with E-state index in [1.54, 1.807) is 22.8 Å². The molecule has 2 heterocycles. The second-order valence-corrected chi connectivity index (χ2v) is 5.97. The average Bonchev–Trinajstić information content (AvgIpc) is 3.19.